The minimum absolute atomic E-state index is 0.0636. The maximum absolute atomic E-state index is 12.4. The van der Waals surface area contributed by atoms with E-state index >= 15 is 0 Å². The Morgan fingerprint density at radius 1 is 1.10 bits per heavy atom. The zero-order valence-electron chi connectivity index (χ0n) is 16.0. The molecule has 12 heteroatoms. The van der Waals surface area contributed by atoms with Gasteiger partial charge in [-0.1, -0.05) is 46.1 Å². The number of rotatable bonds is 6. The lowest BCUT2D eigenvalue weighted by Gasteiger charge is -2.06. The number of hydrogen-bond acceptors (Lipinski definition) is 6. The Morgan fingerprint density at radius 3 is 2.42 bits per heavy atom. The van der Waals surface area contributed by atoms with E-state index in [1.165, 1.54) is 35.9 Å². The Labute approximate surface area is 196 Å². The van der Waals surface area contributed by atoms with Gasteiger partial charge >= 0.3 is 5.97 Å². The standard InChI is InChI=1S/C19H15Cl3N2O5S2/c1-29-16(26)10-24-18-14(7-6-13(21)17(18)22)30-19(24)23-15(25)8-9-31(27,28)12-4-2-11(20)3-5-12/h2-7H,8-10H2,1H3. The minimum Gasteiger partial charge on any atom is -0.468 e. The molecule has 0 unspecified atom stereocenters. The van der Waals surface area contributed by atoms with Gasteiger partial charge in [-0.05, 0) is 36.4 Å². The van der Waals surface area contributed by atoms with E-state index < -0.39 is 27.5 Å². The van der Waals surface area contributed by atoms with Gasteiger partial charge in [0.05, 0.1) is 38.0 Å². The first kappa shape index (κ1) is 23.7. The molecule has 2 aromatic carbocycles. The van der Waals surface area contributed by atoms with Gasteiger partial charge < -0.3 is 9.30 Å². The third kappa shape index (κ3) is 5.48. The van der Waals surface area contributed by atoms with Gasteiger partial charge in [0.15, 0.2) is 14.6 Å². The van der Waals surface area contributed by atoms with E-state index in [0.29, 0.717) is 15.2 Å². The van der Waals surface area contributed by atoms with Gasteiger partial charge in [0.1, 0.15) is 6.54 Å². The first-order valence-corrected chi connectivity index (χ1v) is 12.3. The van der Waals surface area contributed by atoms with Crippen molar-refractivity contribution in [1.82, 2.24) is 4.57 Å². The van der Waals surface area contributed by atoms with Gasteiger partial charge in [-0.2, -0.15) is 4.99 Å². The van der Waals surface area contributed by atoms with E-state index in [-0.39, 0.29) is 32.7 Å². The van der Waals surface area contributed by atoms with Crippen molar-refractivity contribution in [2.75, 3.05) is 12.9 Å². The number of methoxy groups -OCH3 is 1. The number of carbonyl (C=O) groups is 2. The second-order valence-electron chi connectivity index (χ2n) is 6.28. The lowest BCUT2D eigenvalue weighted by atomic mass is 10.3. The SMILES string of the molecule is COC(=O)Cn1c(=NC(=O)CCS(=O)(=O)c2ccc(Cl)cc2)sc2ccc(Cl)c(Cl)c21. The van der Waals surface area contributed by atoms with E-state index in [0.717, 1.165) is 11.3 Å². The van der Waals surface area contributed by atoms with Crippen LogP contribution in [0.3, 0.4) is 0 Å². The zero-order valence-corrected chi connectivity index (χ0v) is 19.9. The topological polar surface area (TPSA) is 94.8 Å². The highest BCUT2D eigenvalue weighted by Crippen LogP contribution is 2.32. The monoisotopic (exact) mass is 520 g/mol. The number of hydrogen-bond donors (Lipinski definition) is 0. The first-order chi connectivity index (χ1) is 14.6. The molecule has 1 amide bonds. The molecule has 0 spiro atoms. The van der Waals surface area contributed by atoms with Crippen molar-refractivity contribution >= 4 is 78.1 Å². The number of sulfone groups is 1. The lowest BCUT2D eigenvalue weighted by molar-refractivity contribution is -0.141. The summed E-state index contributed by atoms with van der Waals surface area (Å²) in [5, 5.41) is 0.889. The summed E-state index contributed by atoms with van der Waals surface area (Å²) in [6, 6.07) is 8.96. The van der Waals surface area contributed by atoms with E-state index in [9.17, 15) is 18.0 Å². The first-order valence-electron chi connectivity index (χ1n) is 8.72. The van der Waals surface area contributed by atoms with Gasteiger partial charge in [-0.3, -0.25) is 9.59 Å². The number of aromatic nitrogens is 1. The number of amides is 1. The smallest absolute Gasteiger partial charge is 0.325 e. The fourth-order valence-electron chi connectivity index (χ4n) is 2.67. The zero-order chi connectivity index (χ0) is 22.8. The minimum atomic E-state index is -3.69. The molecule has 0 saturated carbocycles. The van der Waals surface area contributed by atoms with Crippen LogP contribution in [-0.4, -0.2) is 37.7 Å². The van der Waals surface area contributed by atoms with Crippen molar-refractivity contribution in [1.29, 1.82) is 0 Å². The molecular weight excluding hydrogens is 507 g/mol. The number of nitrogens with zero attached hydrogens (tertiary/aromatic N) is 2. The van der Waals surface area contributed by atoms with Crippen LogP contribution in [0.15, 0.2) is 46.3 Å². The molecule has 1 heterocycles. The van der Waals surface area contributed by atoms with Crippen molar-refractivity contribution in [2.24, 2.45) is 4.99 Å². The second kappa shape index (κ2) is 9.70. The Balaban J connectivity index is 1.93. The molecule has 0 atom stereocenters. The molecule has 0 fully saturated rings. The molecule has 31 heavy (non-hydrogen) atoms. The molecule has 0 aliphatic carbocycles. The average molecular weight is 522 g/mol. The number of carbonyl (C=O) groups excluding carboxylic acids is 2. The van der Waals surface area contributed by atoms with Gasteiger partial charge in [0, 0.05) is 11.4 Å². The molecule has 3 aromatic rings. The highest BCUT2D eigenvalue weighted by atomic mass is 35.5. The predicted molar refractivity (Wildman–Crippen MR) is 121 cm³/mol. The summed E-state index contributed by atoms with van der Waals surface area (Å²) in [4.78, 5) is 28.6. The van der Waals surface area contributed by atoms with Crippen molar-refractivity contribution in [3.63, 3.8) is 0 Å². The number of thiazole rings is 1. The summed E-state index contributed by atoms with van der Waals surface area (Å²) in [6.07, 6.45) is -0.341. The summed E-state index contributed by atoms with van der Waals surface area (Å²) in [5.41, 5.74) is 0.435. The Bertz CT molecular complexity index is 1330. The third-order valence-corrected chi connectivity index (χ3v) is 8.05. The van der Waals surface area contributed by atoms with Crippen LogP contribution in [0.4, 0.5) is 0 Å². The molecule has 1 aromatic heterocycles. The van der Waals surface area contributed by atoms with Crippen LogP contribution in [0.1, 0.15) is 6.42 Å². The van der Waals surface area contributed by atoms with E-state index in [4.69, 9.17) is 39.5 Å². The van der Waals surface area contributed by atoms with Crippen molar-refractivity contribution in [2.45, 2.75) is 17.9 Å². The van der Waals surface area contributed by atoms with Gasteiger partial charge in [-0.25, -0.2) is 8.42 Å². The molecule has 0 saturated heterocycles. The number of benzene rings is 2. The Hall–Kier alpha value is -1.91. The van der Waals surface area contributed by atoms with Gasteiger partial charge in [-0.15, -0.1) is 0 Å². The number of esters is 1. The van der Waals surface area contributed by atoms with E-state index in [1.54, 1.807) is 12.1 Å². The lowest BCUT2D eigenvalue weighted by Crippen LogP contribution is -2.23. The van der Waals surface area contributed by atoms with Gasteiger partial charge in [0.25, 0.3) is 0 Å². The van der Waals surface area contributed by atoms with Crippen LogP contribution in [-0.2, 0) is 30.7 Å². The fraction of sp³-hybridized carbons (Fsp3) is 0.211. The predicted octanol–water partition coefficient (Wildman–Crippen LogP) is 4.13. The molecule has 7 nitrogen and oxygen atoms in total. The molecular formula is C19H15Cl3N2O5S2. The average Bonchev–Trinajstić information content (AvgIpc) is 3.07. The maximum Gasteiger partial charge on any atom is 0.325 e. The largest absolute Gasteiger partial charge is 0.468 e. The van der Waals surface area contributed by atoms with Crippen LogP contribution in [0, 0.1) is 0 Å². The number of ether oxygens (including phenoxy) is 1. The summed E-state index contributed by atoms with van der Waals surface area (Å²) < 4.78 is 31.7. The second-order valence-corrected chi connectivity index (χ2v) is 10.6. The highest BCUT2D eigenvalue weighted by Gasteiger charge is 2.18. The Morgan fingerprint density at radius 2 is 1.77 bits per heavy atom. The fourth-order valence-corrected chi connectivity index (χ4v) is 5.56. The van der Waals surface area contributed by atoms with Crippen LogP contribution in [0.5, 0.6) is 0 Å². The molecule has 0 N–H and O–H groups in total. The summed E-state index contributed by atoms with van der Waals surface area (Å²) >= 11 is 19.3. The summed E-state index contributed by atoms with van der Waals surface area (Å²) in [6.45, 7) is -0.244. The van der Waals surface area contributed by atoms with Crippen molar-refractivity contribution in [3.8, 4) is 0 Å². The molecule has 0 aliphatic rings. The summed E-state index contributed by atoms with van der Waals surface area (Å²) in [7, 11) is -2.46. The Kier molecular flexibility index (Phi) is 7.43. The molecule has 0 bridgehead atoms. The molecule has 3 rings (SSSR count). The highest BCUT2D eigenvalue weighted by molar-refractivity contribution is 7.91. The van der Waals surface area contributed by atoms with Crippen LogP contribution >= 0.6 is 46.1 Å². The van der Waals surface area contributed by atoms with Crippen molar-refractivity contribution < 1.29 is 22.7 Å². The van der Waals surface area contributed by atoms with E-state index in [2.05, 4.69) is 4.99 Å². The van der Waals surface area contributed by atoms with Crippen LogP contribution in [0.25, 0.3) is 10.2 Å². The number of fused-ring (bicyclic) bond motifs is 1. The van der Waals surface area contributed by atoms with E-state index in [1.807, 2.05) is 0 Å². The van der Waals surface area contributed by atoms with Crippen LogP contribution in [0.2, 0.25) is 15.1 Å². The maximum atomic E-state index is 12.4. The molecule has 164 valence electrons. The van der Waals surface area contributed by atoms with Gasteiger partial charge in [0.2, 0.25) is 5.91 Å². The normalized spacial score (nSPS) is 12.3. The third-order valence-electron chi connectivity index (χ3n) is 4.23. The van der Waals surface area contributed by atoms with Crippen molar-refractivity contribution in [3.05, 3.63) is 56.3 Å². The molecule has 0 radical (unpaired) electrons. The summed E-state index contributed by atoms with van der Waals surface area (Å²) in [5.74, 6) is -1.66. The quantitative estimate of drug-likeness (QED) is 0.455. The molecule has 0 aliphatic heterocycles. The van der Waals surface area contributed by atoms with Crippen LogP contribution < -0.4 is 4.80 Å². The number of halogens is 3.